The molecule has 1 atom stereocenters. The molecule has 0 spiro atoms. The molecule has 0 saturated carbocycles. The zero-order chi connectivity index (χ0) is 16.0. The molecule has 0 saturated heterocycles. The topological polar surface area (TPSA) is 77.1 Å². The molecule has 1 heterocycles. The van der Waals surface area contributed by atoms with Gasteiger partial charge in [0, 0.05) is 31.0 Å². The summed E-state index contributed by atoms with van der Waals surface area (Å²) in [5.41, 5.74) is 6.54. The number of rotatable bonds is 9. The molecule has 0 aliphatic heterocycles. The standard InChI is InChI=1S/C15H29N3O2S/c1-5-8-18-11-15(9-14(18)10-16)21(19,20)17-13(4)7-6-12(2)3/h9,11-13,17H,5-8,10,16H2,1-4H3. The number of sulfonamides is 1. The maximum Gasteiger partial charge on any atom is 0.242 e. The summed E-state index contributed by atoms with van der Waals surface area (Å²) in [7, 11) is -3.46. The summed E-state index contributed by atoms with van der Waals surface area (Å²) in [5, 5.41) is 0. The van der Waals surface area contributed by atoms with Gasteiger partial charge in [-0.25, -0.2) is 13.1 Å². The Bertz CT molecular complexity index is 535. The van der Waals surface area contributed by atoms with Crippen molar-refractivity contribution in [2.24, 2.45) is 11.7 Å². The molecule has 0 bridgehead atoms. The van der Waals surface area contributed by atoms with Gasteiger partial charge in [0.1, 0.15) is 0 Å². The highest BCUT2D eigenvalue weighted by molar-refractivity contribution is 7.89. The van der Waals surface area contributed by atoms with Gasteiger partial charge >= 0.3 is 0 Å². The van der Waals surface area contributed by atoms with Crippen LogP contribution in [0.15, 0.2) is 17.2 Å². The summed E-state index contributed by atoms with van der Waals surface area (Å²) >= 11 is 0. The lowest BCUT2D eigenvalue weighted by atomic mass is 10.1. The monoisotopic (exact) mass is 315 g/mol. The van der Waals surface area contributed by atoms with Crippen molar-refractivity contribution in [1.82, 2.24) is 9.29 Å². The summed E-state index contributed by atoms with van der Waals surface area (Å²) in [5.74, 6) is 0.575. The lowest BCUT2D eigenvalue weighted by molar-refractivity contribution is 0.485. The van der Waals surface area contributed by atoms with E-state index in [1.54, 1.807) is 12.3 Å². The van der Waals surface area contributed by atoms with Gasteiger partial charge in [0.15, 0.2) is 0 Å². The summed E-state index contributed by atoms with van der Waals surface area (Å²) < 4.78 is 29.5. The van der Waals surface area contributed by atoms with Crippen LogP contribution in [-0.2, 0) is 23.1 Å². The lowest BCUT2D eigenvalue weighted by Crippen LogP contribution is -2.32. The maximum absolute atomic E-state index is 12.4. The smallest absolute Gasteiger partial charge is 0.242 e. The van der Waals surface area contributed by atoms with Crippen molar-refractivity contribution in [2.75, 3.05) is 0 Å². The first-order valence-electron chi connectivity index (χ1n) is 7.71. The summed E-state index contributed by atoms with van der Waals surface area (Å²) in [6, 6.07) is 1.61. The lowest BCUT2D eigenvalue weighted by Gasteiger charge is -2.14. The Kier molecular flexibility index (Phi) is 6.90. The molecule has 1 aromatic rings. The molecule has 1 rings (SSSR count). The molecule has 3 N–H and O–H groups in total. The van der Waals surface area contributed by atoms with Crippen molar-refractivity contribution >= 4 is 10.0 Å². The van der Waals surface area contributed by atoms with Gasteiger partial charge in [-0.05, 0) is 38.2 Å². The van der Waals surface area contributed by atoms with Crippen LogP contribution in [0.4, 0.5) is 0 Å². The third-order valence-electron chi connectivity index (χ3n) is 3.48. The SMILES string of the molecule is CCCn1cc(S(=O)(=O)NC(C)CCC(C)C)cc1CN. The number of nitrogens with zero attached hydrogens (tertiary/aromatic N) is 1. The molecule has 6 heteroatoms. The third kappa shape index (κ3) is 5.45. The molecule has 1 aromatic heterocycles. The summed E-state index contributed by atoms with van der Waals surface area (Å²) in [6.45, 7) is 9.37. The van der Waals surface area contributed by atoms with Gasteiger partial charge in [0.05, 0.1) is 4.90 Å². The van der Waals surface area contributed by atoms with Crippen molar-refractivity contribution in [1.29, 1.82) is 0 Å². The number of nitrogens with two attached hydrogens (primary N) is 1. The minimum Gasteiger partial charge on any atom is -0.349 e. The highest BCUT2D eigenvalue weighted by Crippen LogP contribution is 2.16. The van der Waals surface area contributed by atoms with Crippen molar-refractivity contribution in [2.45, 2.75) is 71.0 Å². The van der Waals surface area contributed by atoms with Gasteiger partial charge in [-0.1, -0.05) is 20.8 Å². The fourth-order valence-electron chi connectivity index (χ4n) is 2.27. The first kappa shape index (κ1) is 18.2. The average Bonchev–Trinajstić information content (AvgIpc) is 2.80. The Balaban J connectivity index is 2.82. The third-order valence-corrected chi connectivity index (χ3v) is 5.03. The van der Waals surface area contributed by atoms with Crippen LogP contribution in [0, 0.1) is 5.92 Å². The number of aryl methyl sites for hydroxylation is 1. The molecule has 0 amide bonds. The molecule has 1 unspecified atom stereocenters. The van der Waals surface area contributed by atoms with Crippen molar-refractivity contribution in [3.8, 4) is 0 Å². The molecular weight excluding hydrogens is 286 g/mol. The second-order valence-electron chi connectivity index (χ2n) is 6.06. The highest BCUT2D eigenvalue weighted by atomic mass is 32.2. The van der Waals surface area contributed by atoms with Crippen LogP contribution >= 0.6 is 0 Å². The van der Waals surface area contributed by atoms with E-state index in [1.165, 1.54) is 0 Å². The number of aromatic nitrogens is 1. The van der Waals surface area contributed by atoms with Gasteiger partial charge in [-0.2, -0.15) is 0 Å². The number of nitrogens with one attached hydrogen (secondary N) is 1. The number of hydrogen-bond acceptors (Lipinski definition) is 3. The van der Waals surface area contributed by atoms with E-state index >= 15 is 0 Å². The minimum atomic E-state index is -3.46. The Morgan fingerprint density at radius 2 is 1.95 bits per heavy atom. The molecule has 0 aliphatic rings. The molecular formula is C15H29N3O2S. The molecule has 0 aromatic carbocycles. The second kappa shape index (κ2) is 7.96. The molecule has 0 fully saturated rings. The van der Waals surface area contributed by atoms with Crippen molar-refractivity contribution < 1.29 is 8.42 Å². The minimum absolute atomic E-state index is 0.0618. The predicted molar refractivity (Wildman–Crippen MR) is 86.5 cm³/mol. The van der Waals surface area contributed by atoms with Gasteiger partial charge in [-0.3, -0.25) is 0 Å². The van der Waals surface area contributed by atoms with Gasteiger partial charge < -0.3 is 10.3 Å². The van der Waals surface area contributed by atoms with Gasteiger partial charge in [0.2, 0.25) is 10.0 Å². The van der Waals surface area contributed by atoms with E-state index in [0.717, 1.165) is 31.5 Å². The largest absolute Gasteiger partial charge is 0.349 e. The van der Waals surface area contributed by atoms with Crippen LogP contribution in [0.5, 0.6) is 0 Å². The van der Waals surface area contributed by atoms with E-state index < -0.39 is 10.0 Å². The number of hydrogen-bond donors (Lipinski definition) is 2. The van der Waals surface area contributed by atoms with Crippen LogP contribution < -0.4 is 10.5 Å². The zero-order valence-electron chi connectivity index (χ0n) is 13.6. The van der Waals surface area contributed by atoms with E-state index in [4.69, 9.17) is 5.73 Å². The van der Waals surface area contributed by atoms with E-state index in [9.17, 15) is 8.42 Å². The Hall–Kier alpha value is -0.850. The molecule has 122 valence electrons. The van der Waals surface area contributed by atoms with E-state index in [2.05, 4.69) is 25.5 Å². The van der Waals surface area contributed by atoms with Gasteiger partial charge in [-0.15, -0.1) is 0 Å². The van der Waals surface area contributed by atoms with Crippen molar-refractivity contribution in [3.63, 3.8) is 0 Å². The second-order valence-corrected chi connectivity index (χ2v) is 7.77. The fourth-order valence-corrected chi connectivity index (χ4v) is 3.61. The Morgan fingerprint density at radius 3 is 2.48 bits per heavy atom. The normalized spacial score (nSPS) is 13.8. The van der Waals surface area contributed by atoms with Gasteiger partial charge in [0.25, 0.3) is 0 Å². The Morgan fingerprint density at radius 1 is 1.29 bits per heavy atom. The first-order chi connectivity index (χ1) is 9.80. The zero-order valence-corrected chi connectivity index (χ0v) is 14.4. The van der Waals surface area contributed by atoms with Crippen LogP contribution in [0.25, 0.3) is 0 Å². The van der Waals surface area contributed by atoms with Crippen LogP contribution in [0.1, 0.15) is 52.7 Å². The van der Waals surface area contributed by atoms with Crippen LogP contribution in [0.2, 0.25) is 0 Å². The van der Waals surface area contributed by atoms with Crippen LogP contribution in [-0.4, -0.2) is 19.0 Å². The first-order valence-corrected chi connectivity index (χ1v) is 9.19. The predicted octanol–water partition coefficient (Wildman–Crippen LogP) is 2.46. The summed E-state index contributed by atoms with van der Waals surface area (Å²) in [4.78, 5) is 0.313. The maximum atomic E-state index is 12.4. The van der Waals surface area contributed by atoms with Crippen molar-refractivity contribution in [3.05, 3.63) is 18.0 Å². The molecule has 5 nitrogen and oxygen atoms in total. The Labute approximate surface area is 129 Å². The fraction of sp³-hybridized carbons (Fsp3) is 0.733. The summed E-state index contributed by atoms with van der Waals surface area (Å²) in [6.07, 6.45) is 4.48. The average molecular weight is 315 g/mol. The van der Waals surface area contributed by atoms with E-state index in [-0.39, 0.29) is 6.04 Å². The van der Waals surface area contributed by atoms with E-state index in [1.807, 2.05) is 11.5 Å². The highest BCUT2D eigenvalue weighted by Gasteiger charge is 2.20. The molecule has 0 radical (unpaired) electrons. The quantitative estimate of drug-likeness (QED) is 0.735. The van der Waals surface area contributed by atoms with E-state index in [0.29, 0.717) is 17.4 Å². The van der Waals surface area contributed by atoms with Crippen LogP contribution in [0.3, 0.4) is 0 Å². The molecule has 0 aliphatic carbocycles. The molecule has 21 heavy (non-hydrogen) atoms.